The first-order valence-corrected chi connectivity index (χ1v) is 5.01. The molecule has 0 saturated heterocycles. The monoisotopic (exact) mass is 208 g/mol. The summed E-state index contributed by atoms with van der Waals surface area (Å²) in [4.78, 5) is 0. The number of hydrogen-bond donors (Lipinski definition) is 2. The molecular weight excluding hydrogens is 192 g/mol. The van der Waals surface area contributed by atoms with Gasteiger partial charge in [-0.25, -0.2) is 0 Å². The summed E-state index contributed by atoms with van der Waals surface area (Å²) in [6.07, 6.45) is 1.99. The van der Waals surface area contributed by atoms with Crippen LogP contribution in [0.5, 0.6) is 11.5 Å². The highest BCUT2D eigenvalue weighted by molar-refractivity contribution is 5.53. The number of hydrazine groups is 1. The predicted octanol–water partition coefficient (Wildman–Crippen LogP) is 1.15. The lowest BCUT2D eigenvalue weighted by Crippen LogP contribution is -2.26. The maximum atomic E-state index is 5.49. The van der Waals surface area contributed by atoms with Crippen LogP contribution in [0.25, 0.3) is 0 Å². The van der Waals surface area contributed by atoms with Gasteiger partial charge in [0.1, 0.15) is 0 Å². The summed E-state index contributed by atoms with van der Waals surface area (Å²) in [5.41, 5.74) is 5.24. The van der Waals surface area contributed by atoms with E-state index < -0.39 is 0 Å². The first-order valence-electron chi connectivity index (χ1n) is 5.01. The summed E-state index contributed by atoms with van der Waals surface area (Å²) < 4.78 is 10.6. The fourth-order valence-electron chi connectivity index (χ4n) is 2.21. The molecule has 15 heavy (non-hydrogen) atoms. The first-order chi connectivity index (χ1) is 7.31. The summed E-state index contributed by atoms with van der Waals surface area (Å²) in [7, 11) is 3.32. The Bertz CT molecular complexity index is 366. The fraction of sp³-hybridized carbons (Fsp3) is 0.455. The highest BCUT2D eigenvalue weighted by Gasteiger charge is 2.26. The minimum Gasteiger partial charge on any atom is -0.493 e. The van der Waals surface area contributed by atoms with Gasteiger partial charge in [0.15, 0.2) is 11.5 Å². The molecule has 0 spiro atoms. The molecule has 1 aromatic carbocycles. The summed E-state index contributed by atoms with van der Waals surface area (Å²) in [5.74, 6) is 7.12. The van der Waals surface area contributed by atoms with Crippen molar-refractivity contribution >= 4 is 0 Å². The third kappa shape index (κ3) is 1.56. The van der Waals surface area contributed by atoms with Crippen molar-refractivity contribution in [3.63, 3.8) is 0 Å². The Balaban J connectivity index is 2.48. The zero-order valence-corrected chi connectivity index (χ0v) is 9.04. The van der Waals surface area contributed by atoms with Crippen LogP contribution in [0.4, 0.5) is 0 Å². The minimum atomic E-state index is 0.236. The van der Waals surface area contributed by atoms with Crippen LogP contribution in [0.2, 0.25) is 0 Å². The smallest absolute Gasteiger partial charge is 0.164 e. The van der Waals surface area contributed by atoms with E-state index in [9.17, 15) is 0 Å². The van der Waals surface area contributed by atoms with Gasteiger partial charge >= 0.3 is 0 Å². The van der Waals surface area contributed by atoms with Crippen molar-refractivity contribution in [3.05, 3.63) is 23.3 Å². The molecule has 0 radical (unpaired) electrons. The molecule has 0 heterocycles. The average molecular weight is 208 g/mol. The number of methoxy groups -OCH3 is 2. The number of nitrogens with two attached hydrogens (primary N) is 1. The molecule has 1 aliphatic carbocycles. The second-order valence-corrected chi connectivity index (χ2v) is 3.63. The fourth-order valence-corrected chi connectivity index (χ4v) is 2.21. The van der Waals surface area contributed by atoms with Gasteiger partial charge in [0.25, 0.3) is 0 Å². The van der Waals surface area contributed by atoms with E-state index in [2.05, 4.69) is 5.43 Å². The van der Waals surface area contributed by atoms with Gasteiger partial charge in [-0.05, 0) is 24.5 Å². The van der Waals surface area contributed by atoms with Gasteiger partial charge in [-0.1, -0.05) is 6.07 Å². The molecular formula is C11H16N2O2. The lowest BCUT2D eigenvalue weighted by molar-refractivity contribution is 0.352. The highest BCUT2D eigenvalue weighted by Crippen LogP contribution is 2.41. The Morgan fingerprint density at radius 2 is 2.13 bits per heavy atom. The molecule has 4 heteroatoms. The van der Waals surface area contributed by atoms with Gasteiger partial charge in [0.05, 0.1) is 14.2 Å². The number of nitrogens with one attached hydrogen (secondary N) is 1. The number of fused-ring (bicyclic) bond motifs is 1. The van der Waals surface area contributed by atoms with Crippen LogP contribution in [0.3, 0.4) is 0 Å². The molecule has 0 amide bonds. The molecule has 1 unspecified atom stereocenters. The van der Waals surface area contributed by atoms with Crippen LogP contribution in [0.15, 0.2) is 12.1 Å². The van der Waals surface area contributed by atoms with Gasteiger partial charge in [-0.2, -0.15) is 0 Å². The highest BCUT2D eigenvalue weighted by atomic mass is 16.5. The third-order valence-corrected chi connectivity index (χ3v) is 2.94. The summed E-state index contributed by atoms with van der Waals surface area (Å²) in [5, 5.41) is 0. The van der Waals surface area contributed by atoms with E-state index in [4.69, 9.17) is 15.3 Å². The maximum absolute atomic E-state index is 5.49. The van der Waals surface area contributed by atoms with Crippen molar-refractivity contribution in [1.82, 2.24) is 5.43 Å². The van der Waals surface area contributed by atoms with Crippen LogP contribution in [0.1, 0.15) is 23.6 Å². The zero-order valence-electron chi connectivity index (χ0n) is 9.04. The van der Waals surface area contributed by atoms with Crippen LogP contribution < -0.4 is 20.7 Å². The Labute approximate surface area is 89.3 Å². The Morgan fingerprint density at radius 3 is 2.73 bits per heavy atom. The van der Waals surface area contributed by atoms with E-state index >= 15 is 0 Å². The molecule has 2 rings (SSSR count). The van der Waals surface area contributed by atoms with E-state index in [1.165, 1.54) is 11.1 Å². The summed E-state index contributed by atoms with van der Waals surface area (Å²) in [6.45, 7) is 0. The third-order valence-electron chi connectivity index (χ3n) is 2.94. The topological polar surface area (TPSA) is 56.5 Å². The minimum absolute atomic E-state index is 0.236. The van der Waals surface area contributed by atoms with Crippen LogP contribution in [-0.4, -0.2) is 14.2 Å². The molecule has 1 aromatic rings. The second-order valence-electron chi connectivity index (χ2n) is 3.63. The van der Waals surface area contributed by atoms with E-state index in [0.29, 0.717) is 0 Å². The molecule has 0 aliphatic heterocycles. The molecule has 4 nitrogen and oxygen atoms in total. The quantitative estimate of drug-likeness (QED) is 0.578. The van der Waals surface area contributed by atoms with Gasteiger partial charge in [-0.15, -0.1) is 0 Å². The Hall–Kier alpha value is -1.26. The van der Waals surface area contributed by atoms with Crippen LogP contribution in [0, 0.1) is 0 Å². The van der Waals surface area contributed by atoms with E-state index in [-0.39, 0.29) is 6.04 Å². The molecule has 0 saturated carbocycles. The SMILES string of the molecule is COc1ccc2c(c1OC)CCC2NN. The molecule has 3 N–H and O–H groups in total. The molecule has 1 aliphatic rings. The average Bonchev–Trinajstić information content (AvgIpc) is 2.70. The van der Waals surface area contributed by atoms with E-state index in [1.807, 2.05) is 12.1 Å². The first kappa shape index (κ1) is 10.3. The van der Waals surface area contributed by atoms with Crippen LogP contribution in [-0.2, 0) is 6.42 Å². The van der Waals surface area contributed by atoms with Gasteiger partial charge in [0.2, 0.25) is 0 Å². The number of rotatable bonds is 3. The van der Waals surface area contributed by atoms with Crippen molar-refractivity contribution in [2.24, 2.45) is 5.84 Å². The van der Waals surface area contributed by atoms with Gasteiger partial charge in [-0.3, -0.25) is 11.3 Å². The molecule has 0 fully saturated rings. The second kappa shape index (κ2) is 4.08. The summed E-state index contributed by atoms with van der Waals surface area (Å²) >= 11 is 0. The van der Waals surface area contributed by atoms with Crippen LogP contribution >= 0.6 is 0 Å². The van der Waals surface area contributed by atoms with Crippen molar-refractivity contribution < 1.29 is 9.47 Å². The lowest BCUT2D eigenvalue weighted by atomic mass is 10.1. The van der Waals surface area contributed by atoms with Crippen molar-refractivity contribution in [2.75, 3.05) is 14.2 Å². The number of ether oxygens (including phenoxy) is 2. The normalized spacial score (nSPS) is 18.7. The maximum Gasteiger partial charge on any atom is 0.164 e. The number of benzene rings is 1. The number of hydrogen-bond acceptors (Lipinski definition) is 4. The van der Waals surface area contributed by atoms with Gasteiger partial charge in [0, 0.05) is 11.6 Å². The zero-order chi connectivity index (χ0) is 10.8. The molecule has 82 valence electrons. The van der Waals surface area contributed by atoms with Crippen molar-refractivity contribution in [1.29, 1.82) is 0 Å². The Morgan fingerprint density at radius 1 is 1.33 bits per heavy atom. The largest absolute Gasteiger partial charge is 0.493 e. The Kier molecular flexibility index (Phi) is 2.79. The standard InChI is InChI=1S/C11H16N2O2/c1-14-10-6-4-7-8(11(10)15-2)3-5-9(7)13-12/h4,6,9,13H,3,5,12H2,1-2H3. The van der Waals surface area contributed by atoms with E-state index in [0.717, 1.165) is 24.3 Å². The summed E-state index contributed by atoms with van der Waals surface area (Å²) in [6, 6.07) is 4.21. The van der Waals surface area contributed by atoms with Crippen molar-refractivity contribution in [3.8, 4) is 11.5 Å². The van der Waals surface area contributed by atoms with Gasteiger partial charge < -0.3 is 9.47 Å². The predicted molar refractivity (Wildman–Crippen MR) is 57.9 cm³/mol. The van der Waals surface area contributed by atoms with Crippen molar-refractivity contribution in [2.45, 2.75) is 18.9 Å². The molecule has 0 bridgehead atoms. The molecule has 1 atom stereocenters. The lowest BCUT2D eigenvalue weighted by Gasteiger charge is -2.14. The molecule has 0 aromatic heterocycles. The van der Waals surface area contributed by atoms with E-state index in [1.54, 1.807) is 14.2 Å².